The summed E-state index contributed by atoms with van der Waals surface area (Å²) in [6.07, 6.45) is 2.67. The van der Waals surface area contributed by atoms with Gasteiger partial charge < -0.3 is 15.0 Å². The summed E-state index contributed by atoms with van der Waals surface area (Å²) in [5, 5.41) is 3.24. The molecule has 0 radical (unpaired) electrons. The number of ketones is 1. The lowest BCUT2D eigenvalue weighted by Crippen LogP contribution is -2.18. The number of para-hydroxylation sites is 1. The number of nitrogens with zero attached hydrogens (tertiary/aromatic N) is 1. The van der Waals surface area contributed by atoms with E-state index in [9.17, 15) is 9.18 Å². The molecule has 2 aromatic heterocycles. The first-order chi connectivity index (χ1) is 11.7. The van der Waals surface area contributed by atoms with Gasteiger partial charge in [0.25, 0.3) is 0 Å². The van der Waals surface area contributed by atoms with E-state index in [1.807, 2.05) is 30.3 Å². The summed E-state index contributed by atoms with van der Waals surface area (Å²) >= 11 is 0. The van der Waals surface area contributed by atoms with Gasteiger partial charge in [-0.1, -0.05) is 18.2 Å². The van der Waals surface area contributed by atoms with E-state index in [0.717, 1.165) is 11.9 Å². The van der Waals surface area contributed by atoms with Crippen molar-refractivity contribution in [1.29, 1.82) is 0 Å². The van der Waals surface area contributed by atoms with E-state index in [1.165, 1.54) is 6.20 Å². The number of ether oxygens (including phenoxy) is 1. The number of halogens is 1. The molecule has 3 aromatic rings. The van der Waals surface area contributed by atoms with Crippen molar-refractivity contribution in [3.63, 3.8) is 0 Å². The Morgan fingerprint density at radius 2 is 2.00 bits per heavy atom. The number of rotatable bonds is 3. The zero-order chi connectivity index (χ0) is 16.5. The topological polar surface area (TPSA) is 67.0 Å². The highest BCUT2D eigenvalue weighted by atomic mass is 19.1. The molecule has 0 aliphatic carbocycles. The zero-order valence-electron chi connectivity index (χ0n) is 12.7. The Morgan fingerprint density at radius 3 is 2.79 bits per heavy atom. The van der Waals surface area contributed by atoms with Crippen molar-refractivity contribution in [1.82, 2.24) is 9.97 Å². The van der Waals surface area contributed by atoms with Crippen molar-refractivity contribution in [2.24, 2.45) is 0 Å². The summed E-state index contributed by atoms with van der Waals surface area (Å²) in [4.78, 5) is 19.2. The molecule has 1 aliphatic heterocycles. The molecule has 2 N–H and O–H groups in total. The van der Waals surface area contributed by atoms with Crippen LogP contribution in [-0.4, -0.2) is 22.4 Å². The Bertz CT molecular complexity index is 906. The van der Waals surface area contributed by atoms with Crippen LogP contribution < -0.4 is 5.32 Å². The van der Waals surface area contributed by atoms with Gasteiger partial charge in [0.05, 0.1) is 35.4 Å². The average molecular weight is 323 g/mol. The van der Waals surface area contributed by atoms with Crippen LogP contribution in [-0.2, 0) is 11.3 Å². The Hall–Kier alpha value is -2.99. The van der Waals surface area contributed by atoms with E-state index < -0.39 is 5.82 Å². The second-order valence-corrected chi connectivity index (χ2v) is 5.49. The molecule has 1 aromatic carbocycles. The molecule has 0 unspecified atom stereocenters. The molecular formula is C18H14FN3O2. The fraction of sp³-hybridized carbons (Fsp3) is 0.111. The quantitative estimate of drug-likeness (QED) is 0.772. The van der Waals surface area contributed by atoms with Gasteiger partial charge in [0.15, 0.2) is 11.6 Å². The molecule has 1 aliphatic rings. The first-order valence-electron chi connectivity index (χ1n) is 7.52. The number of benzene rings is 1. The number of carbonyl (C=O) groups excluding carboxylic acids is 1. The van der Waals surface area contributed by atoms with Crippen LogP contribution in [0.15, 0.2) is 48.8 Å². The van der Waals surface area contributed by atoms with Crippen LogP contribution >= 0.6 is 0 Å². The second-order valence-electron chi connectivity index (χ2n) is 5.49. The molecule has 0 saturated heterocycles. The van der Waals surface area contributed by atoms with Gasteiger partial charge in [-0.3, -0.25) is 9.78 Å². The van der Waals surface area contributed by atoms with Crippen molar-refractivity contribution in [2.45, 2.75) is 6.61 Å². The molecule has 6 heteroatoms. The number of hydrogen-bond donors (Lipinski definition) is 2. The number of nitrogens with one attached hydrogen (secondary N) is 2. The van der Waals surface area contributed by atoms with E-state index in [-0.39, 0.29) is 19.0 Å². The van der Waals surface area contributed by atoms with Gasteiger partial charge in [-0.15, -0.1) is 0 Å². The molecule has 5 nitrogen and oxygen atoms in total. The van der Waals surface area contributed by atoms with E-state index in [2.05, 4.69) is 15.3 Å². The Kier molecular flexibility index (Phi) is 3.59. The van der Waals surface area contributed by atoms with E-state index in [4.69, 9.17) is 4.74 Å². The highest BCUT2D eigenvalue weighted by Crippen LogP contribution is 2.38. The zero-order valence-corrected chi connectivity index (χ0v) is 12.7. The fourth-order valence-corrected chi connectivity index (χ4v) is 2.86. The number of H-pyrrole nitrogens is 1. The molecule has 3 heterocycles. The summed E-state index contributed by atoms with van der Waals surface area (Å²) in [6, 6.07) is 11.0. The third kappa shape index (κ3) is 2.47. The molecule has 120 valence electrons. The number of carbonyl (C=O) groups is 1. The van der Waals surface area contributed by atoms with Crippen LogP contribution in [0.3, 0.4) is 0 Å². The van der Waals surface area contributed by atoms with Crippen molar-refractivity contribution in [2.75, 3.05) is 11.9 Å². The van der Waals surface area contributed by atoms with Gasteiger partial charge in [-0.2, -0.15) is 0 Å². The van der Waals surface area contributed by atoms with Gasteiger partial charge in [-0.05, 0) is 18.2 Å². The number of Topliss-reactive ketones (excluding diaryl/α,β-unsaturated/α-hetero) is 1. The second kappa shape index (κ2) is 5.90. The third-order valence-corrected chi connectivity index (χ3v) is 3.92. The maximum absolute atomic E-state index is 14.2. The highest BCUT2D eigenvalue weighted by molar-refractivity contribution is 6.07. The van der Waals surface area contributed by atoms with E-state index in [1.54, 1.807) is 6.07 Å². The summed E-state index contributed by atoms with van der Waals surface area (Å²) in [5.74, 6) is -0.591. The van der Waals surface area contributed by atoms with E-state index in [0.29, 0.717) is 28.2 Å². The van der Waals surface area contributed by atoms with Crippen molar-refractivity contribution in [3.8, 4) is 11.3 Å². The van der Waals surface area contributed by atoms with Crippen LogP contribution in [0.4, 0.5) is 15.8 Å². The van der Waals surface area contributed by atoms with Gasteiger partial charge >= 0.3 is 0 Å². The number of hydrogen-bond acceptors (Lipinski definition) is 4. The largest absolute Gasteiger partial charge is 0.367 e. The predicted octanol–water partition coefficient (Wildman–Crippen LogP) is 3.67. The minimum atomic E-state index is -0.458. The molecule has 0 bridgehead atoms. The number of fused-ring (bicyclic) bond motifs is 1. The monoisotopic (exact) mass is 323 g/mol. The Balaban J connectivity index is 1.90. The Morgan fingerprint density at radius 1 is 1.17 bits per heavy atom. The molecular weight excluding hydrogens is 309 g/mol. The lowest BCUT2D eigenvalue weighted by Gasteiger charge is -2.14. The summed E-state index contributed by atoms with van der Waals surface area (Å²) in [7, 11) is 0. The number of pyridine rings is 1. The third-order valence-electron chi connectivity index (χ3n) is 3.92. The van der Waals surface area contributed by atoms with Crippen molar-refractivity contribution >= 4 is 17.2 Å². The van der Waals surface area contributed by atoms with Gasteiger partial charge in [0.2, 0.25) is 0 Å². The lowest BCUT2D eigenvalue weighted by molar-refractivity contribution is 0.0660. The SMILES string of the molecule is O=C1COCc2[nH]c(-c3ccncc3F)c(Nc3ccccc3)c21. The normalized spacial score (nSPS) is 13.6. The average Bonchev–Trinajstić information content (AvgIpc) is 2.96. The van der Waals surface area contributed by atoms with Crippen molar-refractivity contribution < 1.29 is 13.9 Å². The molecule has 4 rings (SSSR count). The smallest absolute Gasteiger partial charge is 0.192 e. The van der Waals surface area contributed by atoms with Crippen molar-refractivity contribution in [3.05, 3.63) is 65.9 Å². The highest BCUT2D eigenvalue weighted by Gasteiger charge is 2.28. The minimum Gasteiger partial charge on any atom is -0.367 e. The standard InChI is InChI=1S/C18H14FN3O2/c19-13-8-20-7-6-12(13)17-18(21-11-4-2-1-3-5-11)16-14(22-17)9-24-10-15(16)23/h1-8,21-22H,9-10H2. The maximum atomic E-state index is 14.2. The first-order valence-corrected chi connectivity index (χ1v) is 7.52. The fourth-order valence-electron chi connectivity index (χ4n) is 2.86. The number of aromatic amines is 1. The summed E-state index contributed by atoms with van der Waals surface area (Å²) in [5.41, 5.74) is 3.42. The lowest BCUT2D eigenvalue weighted by atomic mass is 10.0. The maximum Gasteiger partial charge on any atom is 0.192 e. The molecule has 0 atom stereocenters. The number of aromatic nitrogens is 2. The minimum absolute atomic E-state index is 0.0204. The molecule has 0 spiro atoms. The Labute approximate surface area is 137 Å². The summed E-state index contributed by atoms with van der Waals surface area (Å²) in [6.45, 7) is 0.309. The van der Waals surface area contributed by atoms with Crippen LogP contribution in [0.1, 0.15) is 16.1 Å². The number of anilines is 2. The molecule has 24 heavy (non-hydrogen) atoms. The summed E-state index contributed by atoms with van der Waals surface area (Å²) < 4.78 is 19.5. The van der Waals surface area contributed by atoms with Crippen LogP contribution in [0.25, 0.3) is 11.3 Å². The first kappa shape index (κ1) is 14.6. The molecule has 0 saturated carbocycles. The van der Waals surface area contributed by atoms with Crippen LogP contribution in [0.5, 0.6) is 0 Å². The predicted molar refractivity (Wildman–Crippen MR) is 87.7 cm³/mol. The van der Waals surface area contributed by atoms with Crippen LogP contribution in [0.2, 0.25) is 0 Å². The van der Waals surface area contributed by atoms with Gasteiger partial charge in [0, 0.05) is 17.4 Å². The molecule has 0 fully saturated rings. The molecule has 0 amide bonds. The van der Waals surface area contributed by atoms with E-state index >= 15 is 0 Å². The van der Waals surface area contributed by atoms with Crippen LogP contribution in [0, 0.1) is 5.82 Å². The van der Waals surface area contributed by atoms with Gasteiger partial charge in [-0.25, -0.2) is 4.39 Å². The van der Waals surface area contributed by atoms with Gasteiger partial charge in [0.1, 0.15) is 6.61 Å².